The molecule has 2 atom stereocenters. The van der Waals surface area contributed by atoms with Gasteiger partial charge >= 0.3 is 0 Å². The van der Waals surface area contributed by atoms with E-state index in [1.54, 1.807) is 0 Å². The fourth-order valence-electron chi connectivity index (χ4n) is 4.31. The van der Waals surface area contributed by atoms with E-state index in [1.165, 1.54) is 44.5 Å². The Morgan fingerprint density at radius 1 is 0.710 bits per heavy atom. The molecule has 31 heavy (non-hydrogen) atoms. The minimum absolute atomic E-state index is 0. The van der Waals surface area contributed by atoms with Gasteiger partial charge in [-0.15, -0.1) is 12.4 Å². The fourth-order valence-corrected chi connectivity index (χ4v) is 5.42. The van der Waals surface area contributed by atoms with Gasteiger partial charge in [0.05, 0.1) is 6.04 Å². The molecular formula is C27H31ClN2S. The topological polar surface area (TPSA) is 24.4 Å². The Kier molecular flexibility index (Phi) is 7.51. The van der Waals surface area contributed by atoms with Crippen LogP contribution < -0.4 is 5.32 Å². The zero-order chi connectivity index (χ0) is 21.3. The smallest absolute Gasteiger partial charge is 0.158 e. The first kappa shape index (κ1) is 23.4. The predicted molar refractivity (Wildman–Crippen MR) is 138 cm³/mol. The van der Waals surface area contributed by atoms with E-state index in [2.05, 4.69) is 101 Å². The molecule has 1 aliphatic rings. The number of aliphatic imine (C=N–C) groups is 1. The second kappa shape index (κ2) is 9.93. The average molecular weight is 451 g/mol. The third-order valence-electron chi connectivity index (χ3n) is 6.66. The summed E-state index contributed by atoms with van der Waals surface area (Å²) in [5.41, 5.74) is 11.1. The Morgan fingerprint density at radius 3 is 1.74 bits per heavy atom. The molecule has 2 unspecified atom stereocenters. The van der Waals surface area contributed by atoms with Gasteiger partial charge in [0.2, 0.25) is 0 Å². The van der Waals surface area contributed by atoms with Crippen LogP contribution in [0.4, 0.5) is 0 Å². The van der Waals surface area contributed by atoms with Crippen LogP contribution in [-0.2, 0) is 5.75 Å². The molecule has 0 aromatic heterocycles. The maximum Gasteiger partial charge on any atom is 0.158 e. The lowest BCUT2D eigenvalue weighted by molar-refractivity contribution is 0.573. The lowest BCUT2D eigenvalue weighted by atomic mass is 9.90. The molecule has 1 N–H and O–H groups in total. The minimum atomic E-state index is 0. The van der Waals surface area contributed by atoms with Crippen molar-refractivity contribution in [1.82, 2.24) is 5.32 Å². The maximum absolute atomic E-state index is 5.12. The van der Waals surface area contributed by atoms with Gasteiger partial charge in [0, 0.05) is 5.75 Å². The van der Waals surface area contributed by atoms with Crippen molar-refractivity contribution in [3.63, 3.8) is 0 Å². The first-order valence-electron chi connectivity index (χ1n) is 10.6. The molecule has 0 amide bonds. The molecule has 4 rings (SSSR count). The molecule has 2 nitrogen and oxygen atoms in total. The molecule has 0 aliphatic carbocycles. The van der Waals surface area contributed by atoms with Gasteiger partial charge < -0.3 is 5.32 Å². The first-order chi connectivity index (χ1) is 14.5. The molecule has 3 aromatic rings. The Hall–Kier alpha value is -2.23. The molecule has 0 spiro atoms. The predicted octanol–water partition coefficient (Wildman–Crippen LogP) is 7.33. The normalized spacial score (nSPS) is 17.6. The summed E-state index contributed by atoms with van der Waals surface area (Å²) in [5, 5.41) is 4.75. The zero-order valence-electron chi connectivity index (χ0n) is 18.9. The van der Waals surface area contributed by atoms with Crippen molar-refractivity contribution in [2.24, 2.45) is 4.99 Å². The number of amidine groups is 1. The van der Waals surface area contributed by atoms with Crippen LogP contribution in [0.25, 0.3) is 0 Å². The van der Waals surface area contributed by atoms with Crippen LogP contribution in [-0.4, -0.2) is 5.17 Å². The third kappa shape index (κ3) is 4.68. The number of hydrogen-bond acceptors (Lipinski definition) is 3. The van der Waals surface area contributed by atoms with Crippen LogP contribution >= 0.6 is 24.2 Å². The van der Waals surface area contributed by atoms with E-state index in [1.807, 2.05) is 11.8 Å². The summed E-state index contributed by atoms with van der Waals surface area (Å²) in [6.45, 7) is 11.2. The van der Waals surface area contributed by atoms with Crippen LogP contribution in [0.2, 0.25) is 0 Å². The van der Waals surface area contributed by atoms with E-state index in [4.69, 9.17) is 4.99 Å². The maximum atomic E-state index is 5.12. The summed E-state index contributed by atoms with van der Waals surface area (Å²) >= 11 is 1.82. The molecule has 1 aliphatic heterocycles. The van der Waals surface area contributed by atoms with Crippen molar-refractivity contribution in [3.05, 3.63) is 105 Å². The largest absolute Gasteiger partial charge is 0.356 e. The fraction of sp³-hybridized carbons (Fsp3) is 0.296. The number of hydrogen-bond donors (Lipinski definition) is 1. The van der Waals surface area contributed by atoms with E-state index in [0.29, 0.717) is 0 Å². The minimum Gasteiger partial charge on any atom is -0.356 e. The van der Waals surface area contributed by atoms with E-state index < -0.39 is 0 Å². The Bertz CT molecular complexity index is 1050. The highest BCUT2D eigenvalue weighted by Gasteiger charge is 2.31. The highest BCUT2D eigenvalue weighted by atomic mass is 35.5. The van der Waals surface area contributed by atoms with E-state index in [0.717, 1.165) is 10.9 Å². The van der Waals surface area contributed by atoms with Gasteiger partial charge in [-0.25, -0.2) is 0 Å². The van der Waals surface area contributed by atoms with Gasteiger partial charge in [-0.1, -0.05) is 72.4 Å². The van der Waals surface area contributed by atoms with Gasteiger partial charge in [0.25, 0.3) is 0 Å². The van der Waals surface area contributed by atoms with Crippen LogP contribution in [0.3, 0.4) is 0 Å². The van der Waals surface area contributed by atoms with Gasteiger partial charge in [-0.2, -0.15) is 0 Å². The molecule has 0 saturated heterocycles. The molecule has 4 heteroatoms. The summed E-state index contributed by atoms with van der Waals surface area (Å²) < 4.78 is 0. The number of thioether (sulfide) groups is 1. The quantitative estimate of drug-likeness (QED) is 0.450. The molecular weight excluding hydrogens is 420 g/mol. The SMILES string of the molecule is Cc1c(C)c(C)c(CSC2=NC(c3ccccc3)C(c3ccccc3)N2)c(C)c1C.Cl. The van der Waals surface area contributed by atoms with Gasteiger partial charge in [0.1, 0.15) is 6.04 Å². The standard InChI is InChI=1S/C27H30N2S.ClH/c1-17-18(2)20(4)24(21(5)19(17)3)16-30-27-28-25(22-12-8-6-9-13-22)26(29-27)23-14-10-7-11-15-23;/h6-15,25-26H,16H2,1-5H3,(H,28,29);1H. The van der Waals surface area contributed by atoms with Crippen molar-refractivity contribution in [2.45, 2.75) is 52.5 Å². The van der Waals surface area contributed by atoms with Gasteiger partial charge in [-0.3, -0.25) is 4.99 Å². The van der Waals surface area contributed by atoms with Gasteiger partial charge in [0.15, 0.2) is 5.17 Å². The molecule has 162 valence electrons. The van der Waals surface area contributed by atoms with Crippen molar-refractivity contribution in [3.8, 4) is 0 Å². The summed E-state index contributed by atoms with van der Waals surface area (Å²) in [7, 11) is 0. The lowest BCUT2D eigenvalue weighted by Gasteiger charge is -2.20. The van der Waals surface area contributed by atoms with Crippen molar-refractivity contribution >= 4 is 29.3 Å². The van der Waals surface area contributed by atoms with Crippen LogP contribution in [0.1, 0.15) is 56.6 Å². The van der Waals surface area contributed by atoms with Crippen LogP contribution in [0, 0.1) is 34.6 Å². The summed E-state index contributed by atoms with van der Waals surface area (Å²) in [5.74, 6) is 0.939. The highest BCUT2D eigenvalue weighted by molar-refractivity contribution is 8.13. The molecule has 1 heterocycles. The molecule has 3 aromatic carbocycles. The summed E-state index contributed by atoms with van der Waals surface area (Å²) in [4.78, 5) is 5.12. The second-order valence-electron chi connectivity index (χ2n) is 8.21. The van der Waals surface area contributed by atoms with Crippen molar-refractivity contribution in [1.29, 1.82) is 0 Å². The molecule has 0 bridgehead atoms. The number of benzene rings is 3. The monoisotopic (exact) mass is 450 g/mol. The van der Waals surface area contributed by atoms with Crippen LogP contribution in [0.15, 0.2) is 65.7 Å². The van der Waals surface area contributed by atoms with Crippen molar-refractivity contribution in [2.75, 3.05) is 0 Å². The number of halogens is 1. The molecule has 0 radical (unpaired) electrons. The Balaban J connectivity index is 0.00000272. The van der Waals surface area contributed by atoms with E-state index >= 15 is 0 Å². The summed E-state index contributed by atoms with van der Waals surface area (Å²) in [6, 6.07) is 21.6. The Labute approximate surface area is 197 Å². The van der Waals surface area contributed by atoms with E-state index in [9.17, 15) is 0 Å². The first-order valence-corrected chi connectivity index (χ1v) is 11.6. The van der Waals surface area contributed by atoms with Crippen LogP contribution in [0.5, 0.6) is 0 Å². The number of rotatable bonds is 4. The summed E-state index contributed by atoms with van der Waals surface area (Å²) in [6.07, 6.45) is 0. The lowest BCUT2D eigenvalue weighted by Crippen LogP contribution is -2.22. The average Bonchev–Trinajstić information content (AvgIpc) is 3.22. The molecule has 0 saturated carbocycles. The van der Waals surface area contributed by atoms with Crippen molar-refractivity contribution < 1.29 is 0 Å². The Morgan fingerprint density at radius 2 is 1.19 bits per heavy atom. The number of nitrogens with one attached hydrogen (secondary N) is 1. The third-order valence-corrected chi connectivity index (χ3v) is 7.59. The number of nitrogens with zero attached hydrogens (tertiary/aromatic N) is 1. The van der Waals surface area contributed by atoms with E-state index in [-0.39, 0.29) is 24.5 Å². The highest BCUT2D eigenvalue weighted by Crippen LogP contribution is 2.38. The zero-order valence-corrected chi connectivity index (χ0v) is 20.5. The molecule has 0 fully saturated rings. The second-order valence-corrected chi connectivity index (χ2v) is 9.18. The van der Waals surface area contributed by atoms with Gasteiger partial charge in [-0.05, 0) is 79.1 Å².